The average Bonchev–Trinajstić information content (AvgIpc) is 2.44. The third-order valence-corrected chi connectivity index (χ3v) is 3.09. The highest BCUT2D eigenvalue weighted by Crippen LogP contribution is 2.27. The van der Waals surface area contributed by atoms with Gasteiger partial charge in [-0.25, -0.2) is 8.78 Å². The lowest BCUT2D eigenvalue weighted by molar-refractivity contribution is 0.414. The molecule has 2 rings (SSSR count). The molecule has 0 heterocycles. The van der Waals surface area contributed by atoms with E-state index >= 15 is 0 Å². The van der Waals surface area contributed by atoms with Crippen molar-refractivity contribution < 1.29 is 13.5 Å². The van der Waals surface area contributed by atoms with Crippen LogP contribution in [0, 0.1) is 18.6 Å². The van der Waals surface area contributed by atoms with E-state index in [2.05, 4.69) is 0 Å². The molecule has 0 bridgehead atoms. The molecule has 100 valence electrons. The first-order valence-electron chi connectivity index (χ1n) is 5.88. The van der Waals surface area contributed by atoms with Crippen LogP contribution in [0.1, 0.15) is 22.7 Å². The second-order valence-electron chi connectivity index (χ2n) is 4.35. The van der Waals surface area contributed by atoms with Crippen LogP contribution in [0.2, 0.25) is 0 Å². The lowest BCUT2D eigenvalue weighted by Crippen LogP contribution is -2.15. The van der Waals surface area contributed by atoms with Crippen LogP contribution in [-0.4, -0.2) is 7.11 Å². The van der Waals surface area contributed by atoms with E-state index < -0.39 is 17.7 Å². The molecule has 0 aliphatic heterocycles. The van der Waals surface area contributed by atoms with Crippen LogP contribution in [0.25, 0.3) is 0 Å². The molecule has 0 aliphatic carbocycles. The van der Waals surface area contributed by atoms with Gasteiger partial charge in [-0.2, -0.15) is 0 Å². The van der Waals surface area contributed by atoms with E-state index in [0.717, 1.165) is 0 Å². The number of benzene rings is 2. The minimum Gasteiger partial charge on any atom is -0.497 e. The number of halogens is 2. The van der Waals surface area contributed by atoms with E-state index in [1.165, 1.54) is 26.2 Å². The summed E-state index contributed by atoms with van der Waals surface area (Å²) in [5.74, 6) is -1.12. The van der Waals surface area contributed by atoms with E-state index in [9.17, 15) is 8.78 Å². The van der Waals surface area contributed by atoms with Gasteiger partial charge in [0.2, 0.25) is 0 Å². The highest BCUT2D eigenvalue weighted by Gasteiger charge is 2.18. The summed E-state index contributed by atoms with van der Waals surface area (Å²) >= 11 is 0. The normalized spacial score (nSPS) is 12.3. The van der Waals surface area contributed by atoms with Crippen molar-refractivity contribution in [2.45, 2.75) is 13.0 Å². The summed E-state index contributed by atoms with van der Waals surface area (Å²) < 4.78 is 32.5. The van der Waals surface area contributed by atoms with Crippen molar-refractivity contribution >= 4 is 0 Å². The van der Waals surface area contributed by atoms with Crippen LogP contribution < -0.4 is 10.5 Å². The Hall–Kier alpha value is -1.94. The molecular weight excluding hydrogens is 248 g/mol. The molecule has 4 heteroatoms. The number of hydrogen-bond acceptors (Lipinski definition) is 2. The van der Waals surface area contributed by atoms with Crippen molar-refractivity contribution in [2.24, 2.45) is 5.73 Å². The molecule has 19 heavy (non-hydrogen) atoms. The van der Waals surface area contributed by atoms with Gasteiger partial charge in [-0.3, -0.25) is 0 Å². The minimum atomic E-state index is -0.893. The fourth-order valence-electron chi connectivity index (χ4n) is 1.92. The van der Waals surface area contributed by atoms with Crippen molar-refractivity contribution in [2.75, 3.05) is 7.11 Å². The molecule has 2 aromatic rings. The molecule has 2 aromatic carbocycles. The highest BCUT2D eigenvalue weighted by atomic mass is 19.2. The van der Waals surface area contributed by atoms with Crippen molar-refractivity contribution in [1.29, 1.82) is 0 Å². The van der Waals surface area contributed by atoms with E-state index in [1.807, 2.05) is 0 Å². The molecule has 0 spiro atoms. The Bertz CT molecular complexity index is 599. The molecule has 0 aromatic heterocycles. The smallest absolute Gasteiger partial charge is 0.164 e. The van der Waals surface area contributed by atoms with Gasteiger partial charge in [-0.1, -0.05) is 24.3 Å². The van der Waals surface area contributed by atoms with Gasteiger partial charge < -0.3 is 10.5 Å². The third-order valence-electron chi connectivity index (χ3n) is 3.09. The molecule has 0 amide bonds. The van der Waals surface area contributed by atoms with E-state index in [4.69, 9.17) is 10.5 Å². The summed E-state index contributed by atoms with van der Waals surface area (Å²) in [6.45, 7) is 1.51. The van der Waals surface area contributed by atoms with Gasteiger partial charge in [0.25, 0.3) is 0 Å². The molecule has 0 fully saturated rings. The van der Waals surface area contributed by atoms with E-state index in [-0.39, 0.29) is 11.1 Å². The molecule has 0 saturated heterocycles. The summed E-state index contributed by atoms with van der Waals surface area (Å²) in [7, 11) is 1.54. The van der Waals surface area contributed by atoms with E-state index in [0.29, 0.717) is 11.3 Å². The maximum absolute atomic E-state index is 13.9. The van der Waals surface area contributed by atoms with Gasteiger partial charge in [0, 0.05) is 5.56 Å². The minimum absolute atomic E-state index is 0.136. The van der Waals surface area contributed by atoms with Crippen molar-refractivity contribution in [1.82, 2.24) is 0 Å². The monoisotopic (exact) mass is 263 g/mol. The van der Waals surface area contributed by atoms with E-state index in [1.54, 1.807) is 24.3 Å². The molecule has 0 radical (unpaired) electrons. The fourth-order valence-corrected chi connectivity index (χ4v) is 1.92. The van der Waals surface area contributed by atoms with Crippen LogP contribution in [-0.2, 0) is 0 Å². The predicted octanol–water partition coefficient (Wildman–Crippen LogP) is 3.33. The Morgan fingerprint density at radius 2 is 1.84 bits per heavy atom. The summed E-state index contributed by atoms with van der Waals surface area (Å²) in [5.41, 5.74) is 7.06. The third kappa shape index (κ3) is 2.58. The number of hydrogen-bond donors (Lipinski definition) is 1. The van der Waals surface area contributed by atoms with Crippen LogP contribution in [0.4, 0.5) is 8.78 Å². The lowest BCUT2D eigenvalue weighted by atomic mass is 9.97. The number of nitrogens with two attached hydrogens (primary N) is 1. The van der Waals surface area contributed by atoms with Crippen molar-refractivity contribution in [3.8, 4) is 5.75 Å². The van der Waals surface area contributed by atoms with Crippen molar-refractivity contribution in [3.05, 3.63) is 64.7 Å². The van der Waals surface area contributed by atoms with Crippen LogP contribution in [0.3, 0.4) is 0 Å². The molecule has 1 atom stereocenters. The number of methoxy groups -OCH3 is 1. The Kier molecular flexibility index (Phi) is 3.81. The number of rotatable bonds is 3. The molecular formula is C15H15F2NO. The maximum atomic E-state index is 13.9. The average molecular weight is 263 g/mol. The predicted molar refractivity (Wildman–Crippen MR) is 70.1 cm³/mol. The quantitative estimate of drug-likeness (QED) is 0.921. The van der Waals surface area contributed by atoms with Crippen LogP contribution in [0.15, 0.2) is 36.4 Å². The first kappa shape index (κ1) is 13.5. The maximum Gasteiger partial charge on any atom is 0.164 e. The van der Waals surface area contributed by atoms with Gasteiger partial charge in [0.1, 0.15) is 5.75 Å². The van der Waals surface area contributed by atoms with Gasteiger partial charge in [-0.15, -0.1) is 0 Å². The zero-order valence-electron chi connectivity index (χ0n) is 10.8. The Morgan fingerprint density at radius 3 is 2.53 bits per heavy atom. The van der Waals surface area contributed by atoms with Gasteiger partial charge in [0.15, 0.2) is 11.6 Å². The Balaban J connectivity index is 2.44. The van der Waals surface area contributed by atoms with Gasteiger partial charge in [-0.05, 0) is 30.2 Å². The zero-order chi connectivity index (χ0) is 14.0. The summed E-state index contributed by atoms with van der Waals surface area (Å²) in [4.78, 5) is 0. The Morgan fingerprint density at radius 1 is 1.11 bits per heavy atom. The largest absolute Gasteiger partial charge is 0.497 e. The summed E-state index contributed by atoms with van der Waals surface area (Å²) in [6.07, 6.45) is 0. The van der Waals surface area contributed by atoms with Crippen LogP contribution in [0.5, 0.6) is 5.75 Å². The van der Waals surface area contributed by atoms with Crippen LogP contribution >= 0.6 is 0 Å². The fraction of sp³-hybridized carbons (Fsp3) is 0.200. The lowest BCUT2D eigenvalue weighted by Gasteiger charge is -2.15. The van der Waals surface area contributed by atoms with Gasteiger partial charge >= 0.3 is 0 Å². The highest BCUT2D eigenvalue weighted by molar-refractivity contribution is 5.38. The molecule has 0 saturated carbocycles. The first-order chi connectivity index (χ1) is 9.04. The summed E-state index contributed by atoms with van der Waals surface area (Å²) in [6, 6.07) is 9.29. The molecule has 2 N–H and O–H groups in total. The number of ether oxygens (including phenoxy) is 1. The zero-order valence-corrected chi connectivity index (χ0v) is 10.8. The second-order valence-corrected chi connectivity index (χ2v) is 4.35. The molecule has 1 unspecified atom stereocenters. The summed E-state index contributed by atoms with van der Waals surface area (Å²) in [5, 5.41) is 0. The molecule has 0 aliphatic rings. The standard InChI is InChI=1S/C15H15F2NO/c1-9-6-7-12(14(17)13(9)16)15(18)10-4-3-5-11(8-10)19-2/h3-8,15H,18H2,1-2H3. The SMILES string of the molecule is COc1cccc(C(N)c2ccc(C)c(F)c2F)c1. The first-order valence-corrected chi connectivity index (χ1v) is 5.88. The van der Waals surface area contributed by atoms with Crippen molar-refractivity contribution in [3.63, 3.8) is 0 Å². The number of aryl methyl sites for hydroxylation is 1. The topological polar surface area (TPSA) is 35.2 Å². The molecule has 2 nitrogen and oxygen atoms in total. The van der Waals surface area contributed by atoms with Gasteiger partial charge in [0.05, 0.1) is 13.2 Å². The second kappa shape index (κ2) is 5.36. The Labute approximate surface area is 110 Å².